The minimum absolute atomic E-state index is 0.271. The molecule has 0 aliphatic rings. The van der Waals surface area contributed by atoms with E-state index in [4.69, 9.17) is 4.74 Å². The smallest absolute Gasteiger partial charge is 0.283 e. The van der Waals surface area contributed by atoms with Gasteiger partial charge in [0.2, 0.25) is 0 Å². The van der Waals surface area contributed by atoms with Crippen LogP contribution in [0.2, 0.25) is 0 Å². The molecule has 156 valence electrons. The minimum Gasteiger partial charge on any atom is -0.507 e. The van der Waals surface area contributed by atoms with E-state index >= 15 is 0 Å². The van der Waals surface area contributed by atoms with E-state index in [0.29, 0.717) is 17.2 Å². The molecule has 6 nitrogen and oxygen atoms in total. The highest BCUT2D eigenvalue weighted by molar-refractivity contribution is 7.17. The van der Waals surface area contributed by atoms with Gasteiger partial charge in [0.25, 0.3) is 5.91 Å². The van der Waals surface area contributed by atoms with Crippen LogP contribution in [0.5, 0.6) is 11.5 Å². The molecule has 0 saturated heterocycles. The molecule has 0 aliphatic carbocycles. The fourth-order valence-corrected chi connectivity index (χ4v) is 3.97. The highest BCUT2D eigenvalue weighted by atomic mass is 32.1. The van der Waals surface area contributed by atoms with Crippen LogP contribution in [-0.4, -0.2) is 28.8 Å². The number of rotatable bonds is 7. The maximum Gasteiger partial charge on any atom is 0.283 e. The number of aromatic nitrogens is 1. The van der Waals surface area contributed by atoms with E-state index in [-0.39, 0.29) is 11.7 Å². The summed E-state index contributed by atoms with van der Waals surface area (Å²) in [5.41, 5.74) is 6.39. The lowest BCUT2D eigenvalue weighted by Gasteiger charge is -2.08. The Kier molecular flexibility index (Phi) is 6.84. The quantitative estimate of drug-likeness (QED) is 0.414. The Hall–Kier alpha value is -3.19. The van der Waals surface area contributed by atoms with Gasteiger partial charge in [-0.3, -0.25) is 4.79 Å². The summed E-state index contributed by atoms with van der Waals surface area (Å²) < 4.78 is 5.82. The third kappa shape index (κ3) is 4.86. The van der Waals surface area contributed by atoms with Gasteiger partial charge in [-0.05, 0) is 68.1 Å². The average molecular weight is 424 g/mol. The van der Waals surface area contributed by atoms with Crippen LogP contribution >= 0.6 is 11.3 Å². The summed E-state index contributed by atoms with van der Waals surface area (Å²) in [5, 5.41) is 14.7. The van der Waals surface area contributed by atoms with Gasteiger partial charge in [0.05, 0.1) is 24.1 Å². The fraction of sp³-hybridized carbons (Fsp3) is 0.261. The number of phenolic OH excluding ortho intramolecular Hbond substituents is 1. The maximum atomic E-state index is 12.6. The van der Waals surface area contributed by atoms with Crippen molar-refractivity contribution >= 4 is 23.5 Å². The molecule has 0 bridgehead atoms. The number of para-hydroxylation sites is 1. The van der Waals surface area contributed by atoms with Gasteiger partial charge < -0.3 is 9.84 Å². The van der Waals surface area contributed by atoms with E-state index < -0.39 is 0 Å². The lowest BCUT2D eigenvalue weighted by Crippen LogP contribution is -2.17. The van der Waals surface area contributed by atoms with Crippen molar-refractivity contribution in [3.63, 3.8) is 0 Å². The first-order chi connectivity index (χ1) is 14.4. The molecule has 0 atom stereocenters. The van der Waals surface area contributed by atoms with Crippen LogP contribution in [0.3, 0.4) is 0 Å². The summed E-state index contributed by atoms with van der Waals surface area (Å²) in [6.45, 7) is 8.13. The highest BCUT2D eigenvalue weighted by Crippen LogP contribution is 2.34. The second kappa shape index (κ2) is 9.54. The number of aryl methyl sites for hydroxylation is 3. The van der Waals surface area contributed by atoms with Crippen LogP contribution < -0.4 is 10.2 Å². The van der Waals surface area contributed by atoms with Gasteiger partial charge in [0.1, 0.15) is 21.4 Å². The summed E-state index contributed by atoms with van der Waals surface area (Å²) in [4.78, 5) is 17.7. The van der Waals surface area contributed by atoms with Crippen LogP contribution in [0.25, 0.3) is 10.6 Å². The number of aromatic hydroxyl groups is 1. The molecule has 0 aliphatic heterocycles. The van der Waals surface area contributed by atoms with Crippen molar-refractivity contribution in [2.24, 2.45) is 5.10 Å². The lowest BCUT2D eigenvalue weighted by molar-refractivity contribution is 0.0958. The standard InChI is InChI=1S/C23H25N3O3S/c1-5-10-29-19-9-7-6-8-18(19)23-25-16(4)21(30-23)22(28)26-24-13-17-11-14(2)20(27)15(3)12-17/h6-9,11-13,27H,5,10H2,1-4H3,(H,26,28)/b24-13+. The molecular weight excluding hydrogens is 398 g/mol. The summed E-state index contributed by atoms with van der Waals surface area (Å²) in [6.07, 6.45) is 2.47. The van der Waals surface area contributed by atoms with Crippen LogP contribution in [-0.2, 0) is 0 Å². The average Bonchev–Trinajstić information content (AvgIpc) is 3.12. The molecule has 1 heterocycles. The number of hydrogen-bond acceptors (Lipinski definition) is 6. The predicted octanol–water partition coefficient (Wildman–Crippen LogP) is 4.99. The van der Waals surface area contributed by atoms with E-state index in [0.717, 1.165) is 39.4 Å². The number of carbonyl (C=O) groups excluding carboxylic acids is 1. The SMILES string of the molecule is CCCOc1ccccc1-c1nc(C)c(C(=O)N/N=C/c2cc(C)c(O)c(C)c2)s1. The number of amides is 1. The Morgan fingerprint density at radius 1 is 1.23 bits per heavy atom. The Balaban J connectivity index is 1.76. The summed E-state index contributed by atoms with van der Waals surface area (Å²) in [6, 6.07) is 11.3. The number of thiazole rings is 1. The zero-order chi connectivity index (χ0) is 21.7. The van der Waals surface area contributed by atoms with Crippen LogP contribution in [0, 0.1) is 20.8 Å². The first-order valence-corrected chi connectivity index (χ1v) is 10.6. The first kappa shape index (κ1) is 21.5. The molecular formula is C23H25N3O3S. The van der Waals surface area contributed by atoms with Crippen LogP contribution in [0.15, 0.2) is 41.5 Å². The largest absolute Gasteiger partial charge is 0.507 e. The summed E-state index contributed by atoms with van der Waals surface area (Å²) >= 11 is 1.31. The van der Waals surface area contributed by atoms with Crippen molar-refractivity contribution in [2.75, 3.05) is 6.61 Å². The summed E-state index contributed by atoms with van der Waals surface area (Å²) in [7, 11) is 0. The number of benzene rings is 2. The summed E-state index contributed by atoms with van der Waals surface area (Å²) in [5.74, 6) is 0.718. The molecule has 0 unspecified atom stereocenters. The molecule has 1 aromatic heterocycles. The zero-order valence-electron chi connectivity index (χ0n) is 17.5. The van der Waals surface area contributed by atoms with Crippen LogP contribution in [0.4, 0.5) is 0 Å². The molecule has 0 fully saturated rings. The molecule has 3 rings (SSSR count). The van der Waals surface area contributed by atoms with E-state index in [1.807, 2.05) is 38.1 Å². The van der Waals surface area contributed by atoms with Gasteiger partial charge in [-0.2, -0.15) is 5.10 Å². The number of ether oxygens (including phenoxy) is 1. The van der Waals surface area contributed by atoms with Crippen molar-refractivity contribution < 1.29 is 14.6 Å². The van der Waals surface area contributed by atoms with Crippen LogP contribution in [0.1, 0.15) is 45.4 Å². The van der Waals surface area contributed by atoms with Gasteiger partial charge in [0.15, 0.2) is 0 Å². The number of carbonyl (C=O) groups is 1. The second-order valence-corrected chi connectivity index (χ2v) is 7.98. The zero-order valence-corrected chi connectivity index (χ0v) is 18.3. The minimum atomic E-state index is -0.313. The molecule has 0 radical (unpaired) electrons. The number of phenols is 1. The Labute approximate surface area is 180 Å². The Bertz CT molecular complexity index is 1070. The monoisotopic (exact) mass is 423 g/mol. The number of hydrazone groups is 1. The molecule has 30 heavy (non-hydrogen) atoms. The topological polar surface area (TPSA) is 83.8 Å². The molecule has 2 aromatic carbocycles. The van der Waals surface area contributed by atoms with Crippen molar-refractivity contribution in [3.05, 3.63) is 63.7 Å². The normalized spacial score (nSPS) is 11.1. The van der Waals surface area contributed by atoms with Crippen molar-refractivity contribution in [2.45, 2.75) is 34.1 Å². The van der Waals surface area contributed by atoms with E-state index in [9.17, 15) is 9.90 Å². The Morgan fingerprint density at radius 3 is 2.63 bits per heavy atom. The van der Waals surface area contributed by atoms with Crippen molar-refractivity contribution in [3.8, 4) is 22.1 Å². The van der Waals surface area contributed by atoms with Crippen molar-refractivity contribution in [1.82, 2.24) is 10.4 Å². The van der Waals surface area contributed by atoms with Gasteiger partial charge in [-0.15, -0.1) is 11.3 Å². The van der Waals surface area contributed by atoms with E-state index in [1.54, 1.807) is 25.3 Å². The number of nitrogens with one attached hydrogen (secondary N) is 1. The van der Waals surface area contributed by atoms with Crippen molar-refractivity contribution in [1.29, 1.82) is 0 Å². The molecule has 7 heteroatoms. The van der Waals surface area contributed by atoms with Gasteiger partial charge in [-0.25, -0.2) is 10.4 Å². The molecule has 2 N–H and O–H groups in total. The highest BCUT2D eigenvalue weighted by Gasteiger charge is 2.18. The van der Waals surface area contributed by atoms with E-state index in [2.05, 4.69) is 22.4 Å². The first-order valence-electron chi connectivity index (χ1n) is 9.74. The number of nitrogens with zero attached hydrogens (tertiary/aromatic N) is 2. The second-order valence-electron chi connectivity index (χ2n) is 6.98. The Morgan fingerprint density at radius 2 is 1.93 bits per heavy atom. The third-order valence-corrected chi connectivity index (χ3v) is 5.66. The predicted molar refractivity (Wildman–Crippen MR) is 121 cm³/mol. The molecule has 1 amide bonds. The fourth-order valence-electron chi connectivity index (χ4n) is 2.98. The lowest BCUT2D eigenvalue weighted by atomic mass is 10.1. The molecule has 0 spiro atoms. The molecule has 0 saturated carbocycles. The van der Waals surface area contributed by atoms with Gasteiger partial charge in [-0.1, -0.05) is 19.1 Å². The van der Waals surface area contributed by atoms with Gasteiger partial charge in [0, 0.05) is 0 Å². The number of hydrogen-bond donors (Lipinski definition) is 2. The maximum absolute atomic E-state index is 12.6. The molecule has 3 aromatic rings. The van der Waals surface area contributed by atoms with E-state index in [1.165, 1.54) is 11.3 Å². The third-order valence-electron chi connectivity index (χ3n) is 4.48. The van der Waals surface area contributed by atoms with Gasteiger partial charge >= 0.3 is 0 Å².